The van der Waals surface area contributed by atoms with Gasteiger partial charge in [-0.15, -0.1) is 0 Å². The van der Waals surface area contributed by atoms with Gasteiger partial charge in [0.25, 0.3) is 0 Å². The van der Waals surface area contributed by atoms with Gasteiger partial charge >= 0.3 is 0 Å². The quantitative estimate of drug-likeness (QED) is 0.680. The van der Waals surface area contributed by atoms with Gasteiger partial charge in [-0.05, 0) is 24.1 Å². The molecule has 0 radical (unpaired) electrons. The maximum absolute atomic E-state index is 4.71. The van der Waals surface area contributed by atoms with Gasteiger partial charge in [0.1, 0.15) is 6.33 Å². The summed E-state index contributed by atoms with van der Waals surface area (Å²) in [6.45, 7) is 1.82. The molecule has 2 aromatic heterocycles. The Labute approximate surface area is 114 Å². The molecule has 1 aromatic carbocycles. The Morgan fingerprint density at radius 3 is 3.11 bits per heavy atom. The molecule has 0 atom stereocenters. The van der Waals surface area contributed by atoms with E-state index in [1.165, 1.54) is 10.3 Å². The number of aromatic nitrogens is 3. The third-order valence-electron chi connectivity index (χ3n) is 3.43. The van der Waals surface area contributed by atoms with Crippen LogP contribution >= 0.6 is 11.3 Å². The highest BCUT2D eigenvalue weighted by Crippen LogP contribution is 2.31. The number of anilines is 1. The van der Waals surface area contributed by atoms with E-state index in [0.29, 0.717) is 0 Å². The molecule has 0 saturated heterocycles. The van der Waals surface area contributed by atoms with Gasteiger partial charge in [-0.25, -0.2) is 15.0 Å². The minimum absolute atomic E-state index is 0.831. The number of para-hydroxylation sites is 1. The number of benzene rings is 1. The number of fused-ring (bicyclic) bond motifs is 2. The molecule has 0 N–H and O–H groups in total. The average Bonchev–Trinajstić information content (AvgIpc) is 2.90. The Morgan fingerprint density at radius 1 is 1.21 bits per heavy atom. The summed E-state index contributed by atoms with van der Waals surface area (Å²) < 4.78 is 1.24. The third kappa shape index (κ3) is 1.86. The lowest BCUT2D eigenvalue weighted by Gasteiger charge is -2.27. The number of nitrogens with zero attached hydrogens (tertiary/aromatic N) is 4. The lowest BCUT2D eigenvalue weighted by molar-refractivity contribution is 0.702. The van der Waals surface area contributed by atoms with Gasteiger partial charge in [0.05, 0.1) is 22.5 Å². The van der Waals surface area contributed by atoms with Crippen molar-refractivity contribution in [1.29, 1.82) is 0 Å². The van der Waals surface area contributed by atoms with E-state index in [-0.39, 0.29) is 0 Å². The number of thiazole rings is 1. The van der Waals surface area contributed by atoms with Crippen LogP contribution in [0.1, 0.15) is 11.3 Å². The molecule has 19 heavy (non-hydrogen) atoms. The second kappa shape index (κ2) is 4.28. The number of hydrogen-bond acceptors (Lipinski definition) is 5. The van der Waals surface area contributed by atoms with E-state index in [2.05, 4.69) is 33.1 Å². The van der Waals surface area contributed by atoms with Gasteiger partial charge in [-0.1, -0.05) is 23.5 Å². The molecule has 0 amide bonds. The summed E-state index contributed by atoms with van der Waals surface area (Å²) in [7, 11) is 0. The van der Waals surface area contributed by atoms with Gasteiger partial charge in [0.15, 0.2) is 5.13 Å². The number of rotatable bonds is 1. The molecule has 0 saturated carbocycles. The minimum atomic E-state index is 0.831. The molecular formula is C14H12N4S. The summed E-state index contributed by atoms with van der Waals surface area (Å²) in [5, 5.41) is 1.09. The van der Waals surface area contributed by atoms with Crippen LogP contribution in [0.5, 0.6) is 0 Å². The van der Waals surface area contributed by atoms with Crippen molar-refractivity contribution in [2.45, 2.75) is 13.0 Å². The molecule has 94 valence electrons. The third-order valence-corrected chi connectivity index (χ3v) is 4.52. The van der Waals surface area contributed by atoms with Gasteiger partial charge < -0.3 is 4.90 Å². The lowest BCUT2D eigenvalue weighted by Crippen LogP contribution is -2.31. The average molecular weight is 268 g/mol. The lowest BCUT2D eigenvalue weighted by atomic mass is 10.1. The van der Waals surface area contributed by atoms with Crippen LogP contribution in [0.15, 0.2) is 36.8 Å². The van der Waals surface area contributed by atoms with Crippen LogP contribution in [0.25, 0.3) is 10.2 Å². The second-order valence-corrected chi connectivity index (χ2v) is 5.64. The standard InChI is InChI=1S/C14H12N4S/c1-2-4-13-11(3-1)17-14(19-13)18-6-5-10-7-15-9-16-12(10)8-18/h1-4,7,9H,5-6,8H2. The van der Waals surface area contributed by atoms with Crippen LogP contribution in [0.3, 0.4) is 0 Å². The molecule has 1 aliphatic rings. The van der Waals surface area contributed by atoms with E-state index in [1.807, 2.05) is 12.3 Å². The topological polar surface area (TPSA) is 41.9 Å². The Hall–Kier alpha value is -2.01. The van der Waals surface area contributed by atoms with Crippen LogP contribution in [0.4, 0.5) is 5.13 Å². The molecule has 0 spiro atoms. The largest absolute Gasteiger partial charge is 0.342 e. The summed E-state index contributed by atoms with van der Waals surface area (Å²) in [6.07, 6.45) is 4.55. The summed E-state index contributed by atoms with van der Waals surface area (Å²) in [4.78, 5) is 15.5. The van der Waals surface area contributed by atoms with E-state index in [1.54, 1.807) is 17.7 Å². The molecule has 5 heteroatoms. The van der Waals surface area contributed by atoms with Crippen molar-refractivity contribution >= 4 is 26.7 Å². The second-order valence-electron chi connectivity index (χ2n) is 4.63. The van der Waals surface area contributed by atoms with Crippen molar-refractivity contribution in [3.8, 4) is 0 Å². The van der Waals surface area contributed by atoms with Gasteiger partial charge in [-0.3, -0.25) is 0 Å². The summed E-state index contributed by atoms with van der Waals surface area (Å²) in [5.74, 6) is 0. The van der Waals surface area contributed by atoms with E-state index in [9.17, 15) is 0 Å². The van der Waals surface area contributed by atoms with Gasteiger partial charge in [0.2, 0.25) is 0 Å². The fourth-order valence-electron chi connectivity index (χ4n) is 2.41. The fraction of sp³-hybridized carbons (Fsp3) is 0.214. The Morgan fingerprint density at radius 2 is 2.16 bits per heavy atom. The first kappa shape index (κ1) is 10.9. The van der Waals surface area contributed by atoms with Crippen molar-refractivity contribution in [2.24, 2.45) is 0 Å². The van der Waals surface area contributed by atoms with E-state index < -0.39 is 0 Å². The van der Waals surface area contributed by atoms with Crippen LogP contribution in [-0.4, -0.2) is 21.5 Å². The zero-order valence-electron chi connectivity index (χ0n) is 10.3. The SMILES string of the molecule is c1ccc2sc(N3CCc4cncnc4C3)nc2c1. The molecule has 4 nitrogen and oxygen atoms in total. The fourth-order valence-corrected chi connectivity index (χ4v) is 3.40. The van der Waals surface area contributed by atoms with Crippen LogP contribution in [-0.2, 0) is 13.0 Å². The summed E-state index contributed by atoms with van der Waals surface area (Å²) in [6, 6.07) is 8.28. The maximum Gasteiger partial charge on any atom is 0.186 e. The smallest absolute Gasteiger partial charge is 0.186 e. The molecule has 3 heterocycles. The van der Waals surface area contributed by atoms with Gasteiger partial charge in [0, 0.05) is 12.7 Å². The van der Waals surface area contributed by atoms with Crippen molar-refractivity contribution in [2.75, 3.05) is 11.4 Å². The number of hydrogen-bond donors (Lipinski definition) is 0. The van der Waals surface area contributed by atoms with Crippen molar-refractivity contribution < 1.29 is 0 Å². The highest BCUT2D eigenvalue weighted by Gasteiger charge is 2.20. The van der Waals surface area contributed by atoms with Crippen molar-refractivity contribution in [3.63, 3.8) is 0 Å². The van der Waals surface area contributed by atoms with E-state index in [0.717, 1.165) is 35.9 Å². The Balaban J connectivity index is 1.70. The van der Waals surface area contributed by atoms with E-state index >= 15 is 0 Å². The molecule has 0 unspecified atom stereocenters. The zero-order valence-corrected chi connectivity index (χ0v) is 11.1. The van der Waals surface area contributed by atoms with Crippen molar-refractivity contribution in [1.82, 2.24) is 15.0 Å². The molecule has 0 aliphatic carbocycles. The maximum atomic E-state index is 4.71. The van der Waals surface area contributed by atoms with Crippen LogP contribution < -0.4 is 4.90 Å². The van der Waals surface area contributed by atoms with Crippen LogP contribution in [0.2, 0.25) is 0 Å². The summed E-state index contributed by atoms with van der Waals surface area (Å²) in [5.41, 5.74) is 3.47. The van der Waals surface area contributed by atoms with Crippen LogP contribution in [0, 0.1) is 0 Å². The predicted molar refractivity (Wildman–Crippen MR) is 76.4 cm³/mol. The molecular weight excluding hydrogens is 256 g/mol. The molecule has 3 aromatic rings. The van der Waals surface area contributed by atoms with E-state index in [4.69, 9.17) is 4.98 Å². The predicted octanol–water partition coefficient (Wildman–Crippen LogP) is 2.65. The highest BCUT2D eigenvalue weighted by atomic mass is 32.1. The van der Waals surface area contributed by atoms with Gasteiger partial charge in [-0.2, -0.15) is 0 Å². The monoisotopic (exact) mass is 268 g/mol. The zero-order chi connectivity index (χ0) is 12.7. The first-order valence-electron chi connectivity index (χ1n) is 6.28. The summed E-state index contributed by atoms with van der Waals surface area (Å²) >= 11 is 1.75. The Kier molecular flexibility index (Phi) is 2.45. The minimum Gasteiger partial charge on any atom is -0.342 e. The molecule has 1 aliphatic heterocycles. The Bertz CT molecular complexity index is 704. The first-order valence-corrected chi connectivity index (χ1v) is 7.10. The van der Waals surface area contributed by atoms with Crippen molar-refractivity contribution in [3.05, 3.63) is 48.0 Å². The molecule has 4 rings (SSSR count). The first-order chi connectivity index (χ1) is 9.40. The molecule has 0 bridgehead atoms. The normalized spacial score (nSPS) is 14.6. The molecule has 0 fully saturated rings. The highest BCUT2D eigenvalue weighted by molar-refractivity contribution is 7.22.